The Morgan fingerprint density at radius 1 is 0.905 bits per heavy atom. The molecular weight excluding hydrogens is 282 g/mol. The van der Waals surface area contributed by atoms with Crippen LogP contribution in [0.2, 0.25) is 0 Å². The largest absolute Gasteiger partial charge is 0.480 e. The van der Waals surface area contributed by atoms with Crippen molar-refractivity contribution in [1.29, 1.82) is 0 Å². The number of hydrogen-bond acceptors (Lipinski definition) is 3. The first-order valence-electron chi connectivity index (χ1n) is 8.79. The van der Waals surface area contributed by atoms with E-state index in [9.17, 15) is 4.79 Å². The Labute approximate surface area is 136 Å². The van der Waals surface area contributed by atoms with Crippen LogP contribution in [0.15, 0.2) is 0 Å². The second kappa shape index (κ2) is 16.2. The number of carbonyl (C=O) groups is 1. The third-order valence-electron chi connectivity index (χ3n) is 3.90. The van der Waals surface area contributed by atoms with Crippen LogP contribution in [0.4, 0.5) is 0 Å². The Bertz CT molecular complexity index is 237. The molecule has 0 heterocycles. The van der Waals surface area contributed by atoms with Crippen molar-refractivity contribution in [2.24, 2.45) is 0 Å². The van der Waals surface area contributed by atoms with Gasteiger partial charge < -0.3 is 10.4 Å². The van der Waals surface area contributed by atoms with Crippen molar-refractivity contribution in [3.8, 4) is 0 Å². The first-order valence-corrected chi connectivity index (χ1v) is 9.42. The van der Waals surface area contributed by atoms with Gasteiger partial charge >= 0.3 is 5.97 Å². The number of thiol groups is 1. The van der Waals surface area contributed by atoms with Gasteiger partial charge in [-0.05, 0) is 13.0 Å². The van der Waals surface area contributed by atoms with E-state index in [1.54, 1.807) is 0 Å². The number of carboxylic acid groups (broad SMARTS) is 1. The van der Waals surface area contributed by atoms with Crippen molar-refractivity contribution >= 4 is 18.6 Å². The molecule has 0 aliphatic carbocycles. The Morgan fingerprint density at radius 2 is 1.33 bits per heavy atom. The average molecular weight is 318 g/mol. The van der Waals surface area contributed by atoms with E-state index in [2.05, 4.69) is 24.9 Å². The molecule has 0 aliphatic heterocycles. The lowest BCUT2D eigenvalue weighted by molar-refractivity contribution is -0.138. The molecule has 0 saturated carbocycles. The first kappa shape index (κ1) is 20.8. The summed E-state index contributed by atoms with van der Waals surface area (Å²) in [6, 6.07) is -0.499. The van der Waals surface area contributed by atoms with Crippen molar-refractivity contribution < 1.29 is 9.90 Å². The smallest absolute Gasteiger partial charge is 0.321 e. The molecule has 0 aliphatic rings. The van der Waals surface area contributed by atoms with E-state index in [4.69, 9.17) is 5.11 Å². The number of carboxylic acids is 1. The molecule has 1 atom stereocenters. The zero-order chi connectivity index (χ0) is 15.8. The third-order valence-corrected chi connectivity index (χ3v) is 4.27. The van der Waals surface area contributed by atoms with Gasteiger partial charge in [0.15, 0.2) is 0 Å². The minimum absolute atomic E-state index is 0.355. The molecule has 126 valence electrons. The summed E-state index contributed by atoms with van der Waals surface area (Å²) in [4.78, 5) is 10.8. The van der Waals surface area contributed by atoms with E-state index in [-0.39, 0.29) is 0 Å². The molecule has 0 aromatic heterocycles. The van der Waals surface area contributed by atoms with Gasteiger partial charge in [-0.3, -0.25) is 4.79 Å². The maximum atomic E-state index is 10.8. The summed E-state index contributed by atoms with van der Waals surface area (Å²) in [6.07, 6.45) is 15.9. The Balaban J connectivity index is 3.14. The maximum absolute atomic E-state index is 10.8. The second-order valence-electron chi connectivity index (χ2n) is 5.92. The van der Waals surface area contributed by atoms with Gasteiger partial charge in [-0.25, -0.2) is 0 Å². The molecule has 0 amide bonds. The summed E-state index contributed by atoms with van der Waals surface area (Å²) < 4.78 is 0. The second-order valence-corrected chi connectivity index (χ2v) is 6.28. The van der Waals surface area contributed by atoms with Gasteiger partial charge in [0.25, 0.3) is 0 Å². The van der Waals surface area contributed by atoms with E-state index < -0.39 is 12.0 Å². The Hall–Kier alpha value is -0.220. The molecule has 0 radical (unpaired) electrons. The van der Waals surface area contributed by atoms with Gasteiger partial charge in [0, 0.05) is 5.75 Å². The third kappa shape index (κ3) is 14.5. The van der Waals surface area contributed by atoms with E-state index in [1.807, 2.05) is 0 Å². The quantitative estimate of drug-likeness (QED) is 0.287. The van der Waals surface area contributed by atoms with Crippen LogP contribution in [-0.4, -0.2) is 29.4 Å². The zero-order valence-electron chi connectivity index (χ0n) is 13.8. The monoisotopic (exact) mass is 317 g/mol. The maximum Gasteiger partial charge on any atom is 0.321 e. The van der Waals surface area contributed by atoms with E-state index >= 15 is 0 Å². The summed E-state index contributed by atoms with van der Waals surface area (Å²) in [5.74, 6) is -0.447. The minimum atomic E-state index is -0.802. The zero-order valence-corrected chi connectivity index (χ0v) is 14.7. The topological polar surface area (TPSA) is 49.3 Å². The highest BCUT2D eigenvalue weighted by molar-refractivity contribution is 7.80. The predicted octanol–water partition coefficient (Wildman–Crippen LogP) is 4.66. The molecule has 4 heteroatoms. The van der Waals surface area contributed by atoms with Crippen LogP contribution in [0.5, 0.6) is 0 Å². The van der Waals surface area contributed by atoms with Crippen LogP contribution >= 0.6 is 12.6 Å². The normalized spacial score (nSPS) is 12.5. The molecule has 0 saturated heterocycles. The molecule has 21 heavy (non-hydrogen) atoms. The molecule has 0 rings (SSSR count). The summed E-state index contributed by atoms with van der Waals surface area (Å²) in [6.45, 7) is 3.05. The first-order chi connectivity index (χ1) is 10.2. The number of hydrogen-bond donors (Lipinski definition) is 3. The average Bonchev–Trinajstić information content (AvgIpc) is 2.47. The SMILES string of the molecule is CCCCCCCCCCCCCCN[C@@H](CS)C(=O)O. The van der Waals surface area contributed by atoms with Gasteiger partial charge in [0.05, 0.1) is 0 Å². The lowest BCUT2D eigenvalue weighted by Crippen LogP contribution is -2.38. The fourth-order valence-corrected chi connectivity index (χ4v) is 2.76. The van der Waals surface area contributed by atoms with Gasteiger partial charge in [0.2, 0.25) is 0 Å². The van der Waals surface area contributed by atoms with Crippen LogP contribution in [0.25, 0.3) is 0 Å². The molecule has 0 aromatic rings. The molecule has 0 spiro atoms. The summed E-state index contributed by atoms with van der Waals surface area (Å²) in [7, 11) is 0. The van der Waals surface area contributed by atoms with Crippen molar-refractivity contribution in [3.05, 3.63) is 0 Å². The van der Waals surface area contributed by atoms with Crippen molar-refractivity contribution in [3.63, 3.8) is 0 Å². The fourth-order valence-electron chi connectivity index (χ4n) is 2.47. The number of aliphatic carboxylic acids is 1. The highest BCUT2D eigenvalue weighted by Gasteiger charge is 2.13. The van der Waals surface area contributed by atoms with E-state index in [0.29, 0.717) is 5.75 Å². The number of rotatable bonds is 16. The Morgan fingerprint density at radius 3 is 1.71 bits per heavy atom. The standard InChI is InChI=1S/C17H35NO2S/c1-2-3-4-5-6-7-8-9-10-11-12-13-14-18-16(15-21)17(19)20/h16,18,21H,2-15H2,1H3,(H,19,20)/t16-/m0/s1. The lowest BCUT2D eigenvalue weighted by atomic mass is 10.1. The van der Waals surface area contributed by atoms with Gasteiger partial charge in [-0.1, -0.05) is 77.6 Å². The van der Waals surface area contributed by atoms with Gasteiger partial charge in [-0.2, -0.15) is 12.6 Å². The number of nitrogens with one attached hydrogen (secondary N) is 1. The molecule has 3 nitrogen and oxygen atoms in total. The van der Waals surface area contributed by atoms with Crippen LogP contribution in [0, 0.1) is 0 Å². The molecule has 0 unspecified atom stereocenters. The molecule has 0 aromatic carbocycles. The van der Waals surface area contributed by atoms with Crippen molar-refractivity contribution in [2.75, 3.05) is 12.3 Å². The highest BCUT2D eigenvalue weighted by Crippen LogP contribution is 2.11. The summed E-state index contributed by atoms with van der Waals surface area (Å²) >= 11 is 4.03. The summed E-state index contributed by atoms with van der Waals surface area (Å²) in [5.41, 5.74) is 0. The number of unbranched alkanes of at least 4 members (excludes halogenated alkanes) is 11. The highest BCUT2D eigenvalue weighted by atomic mass is 32.1. The van der Waals surface area contributed by atoms with E-state index in [0.717, 1.165) is 13.0 Å². The molecule has 2 N–H and O–H groups in total. The van der Waals surface area contributed by atoms with Crippen LogP contribution in [0.1, 0.15) is 84.0 Å². The molecular formula is C17H35NO2S. The predicted molar refractivity (Wildman–Crippen MR) is 94.4 cm³/mol. The minimum Gasteiger partial charge on any atom is -0.480 e. The van der Waals surface area contributed by atoms with Crippen LogP contribution in [-0.2, 0) is 4.79 Å². The Kier molecular flexibility index (Phi) is 16.0. The van der Waals surface area contributed by atoms with Crippen molar-refractivity contribution in [2.45, 2.75) is 90.0 Å². The van der Waals surface area contributed by atoms with Crippen LogP contribution < -0.4 is 5.32 Å². The van der Waals surface area contributed by atoms with Gasteiger partial charge in [-0.15, -0.1) is 0 Å². The van der Waals surface area contributed by atoms with E-state index in [1.165, 1.54) is 70.6 Å². The lowest BCUT2D eigenvalue weighted by Gasteiger charge is -2.11. The fraction of sp³-hybridized carbons (Fsp3) is 0.941. The van der Waals surface area contributed by atoms with Crippen molar-refractivity contribution in [1.82, 2.24) is 5.32 Å². The van der Waals surface area contributed by atoms with Gasteiger partial charge in [0.1, 0.15) is 6.04 Å². The summed E-state index contributed by atoms with van der Waals surface area (Å²) in [5, 5.41) is 11.9. The molecule has 0 bridgehead atoms. The van der Waals surface area contributed by atoms with Crippen LogP contribution in [0.3, 0.4) is 0 Å². The molecule has 0 fully saturated rings.